The van der Waals surface area contributed by atoms with E-state index in [-0.39, 0.29) is 11.1 Å². The summed E-state index contributed by atoms with van der Waals surface area (Å²) in [6.45, 7) is 6.27. The van der Waals surface area contributed by atoms with Crippen LogP contribution in [0.4, 0.5) is 10.1 Å². The van der Waals surface area contributed by atoms with Crippen LogP contribution in [-0.2, 0) is 10.8 Å². The number of rotatable bonds is 3. The minimum atomic E-state index is -1.14. The van der Waals surface area contributed by atoms with Crippen molar-refractivity contribution >= 4 is 16.5 Å². The fraction of sp³-hybridized carbons (Fsp3) is 0.500. The first-order chi connectivity index (χ1) is 7.29. The topological polar surface area (TPSA) is 43.1 Å². The van der Waals surface area contributed by atoms with Crippen LogP contribution in [0.15, 0.2) is 23.1 Å². The lowest BCUT2D eigenvalue weighted by Gasteiger charge is -2.17. The van der Waals surface area contributed by atoms with Gasteiger partial charge in [-0.25, -0.2) is 4.39 Å². The van der Waals surface area contributed by atoms with Crippen LogP contribution in [-0.4, -0.2) is 9.96 Å². The Hall–Kier alpha value is -0.900. The molecule has 0 bridgehead atoms. The van der Waals surface area contributed by atoms with Crippen molar-refractivity contribution in [2.45, 2.75) is 32.1 Å². The Kier molecular flexibility index (Phi) is 4.08. The second-order valence-corrected chi connectivity index (χ2v) is 6.61. The average Bonchev–Trinajstić information content (AvgIpc) is 2.17. The third-order valence-electron chi connectivity index (χ3n) is 2.27. The van der Waals surface area contributed by atoms with Crippen molar-refractivity contribution in [2.75, 3.05) is 11.5 Å². The number of benzene rings is 1. The lowest BCUT2D eigenvalue weighted by atomic mass is 9.94. The van der Waals surface area contributed by atoms with Gasteiger partial charge in [-0.2, -0.15) is 0 Å². The van der Waals surface area contributed by atoms with Crippen LogP contribution in [0.5, 0.6) is 0 Å². The zero-order valence-corrected chi connectivity index (χ0v) is 10.7. The highest BCUT2D eigenvalue weighted by atomic mass is 32.2. The van der Waals surface area contributed by atoms with E-state index in [0.29, 0.717) is 10.6 Å². The SMILES string of the molecule is CC(C)(C)CCS(=O)c1ccc(N)c(F)c1. The van der Waals surface area contributed by atoms with Gasteiger partial charge in [-0.05, 0) is 30.0 Å². The van der Waals surface area contributed by atoms with E-state index in [4.69, 9.17) is 5.73 Å². The molecule has 1 atom stereocenters. The van der Waals surface area contributed by atoms with E-state index in [9.17, 15) is 8.60 Å². The lowest BCUT2D eigenvalue weighted by Crippen LogP contribution is -2.11. The largest absolute Gasteiger partial charge is 0.396 e. The number of nitrogens with two attached hydrogens (primary N) is 1. The molecule has 0 aromatic heterocycles. The normalized spacial score (nSPS) is 13.8. The highest BCUT2D eigenvalue weighted by molar-refractivity contribution is 7.85. The highest BCUT2D eigenvalue weighted by Crippen LogP contribution is 2.21. The number of anilines is 1. The van der Waals surface area contributed by atoms with Crippen LogP contribution >= 0.6 is 0 Å². The van der Waals surface area contributed by atoms with Crippen molar-refractivity contribution in [1.29, 1.82) is 0 Å². The molecule has 0 aliphatic carbocycles. The van der Waals surface area contributed by atoms with Gasteiger partial charge in [-0.1, -0.05) is 20.8 Å². The first-order valence-electron chi connectivity index (χ1n) is 5.23. The van der Waals surface area contributed by atoms with Crippen molar-refractivity contribution in [3.8, 4) is 0 Å². The summed E-state index contributed by atoms with van der Waals surface area (Å²) in [7, 11) is -1.14. The Morgan fingerprint density at radius 3 is 2.50 bits per heavy atom. The van der Waals surface area contributed by atoms with Crippen LogP contribution in [0.25, 0.3) is 0 Å². The molecule has 1 aromatic carbocycles. The fourth-order valence-electron chi connectivity index (χ4n) is 1.17. The monoisotopic (exact) mass is 243 g/mol. The number of nitrogen functional groups attached to an aromatic ring is 1. The van der Waals surface area contributed by atoms with Gasteiger partial charge in [-0.3, -0.25) is 4.21 Å². The van der Waals surface area contributed by atoms with Gasteiger partial charge in [0.15, 0.2) is 0 Å². The first-order valence-corrected chi connectivity index (χ1v) is 6.55. The van der Waals surface area contributed by atoms with Gasteiger partial charge in [-0.15, -0.1) is 0 Å². The van der Waals surface area contributed by atoms with Crippen LogP contribution < -0.4 is 5.73 Å². The molecular formula is C12H18FNOS. The van der Waals surface area contributed by atoms with E-state index in [1.165, 1.54) is 12.1 Å². The van der Waals surface area contributed by atoms with Gasteiger partial charge in [0.1, 0.15) is 5.82 Å². The average molecular weight is 243 g/mol. The Bertz CT molecular complexity index is 398. The smallest absolute Gasteiger partial charge is 0.147 e. The molecule has 0 fully saturated rings. The molecule has 0 aliphatic heterocycles. The zero-order chi connectivity index (χ0) is 12.3. The maximum Gasteiger partial charge on any atom is 0.147 e. The lowest BCUT2D eigenvalue weighted by molar-refractivity contribution is 0.400. The summed E-state index contributed by atoms with van der Waals surface area (Å²) in [6.07, 6.45) is 0.839. The standard InChI is InChI=1S/C12H18FNOS/c1-12(2,3)6-7-16(15)9-4-5-11(14)10(13)8-9/h4-5,8H,6-7,14H2,1-3H3. The Labute approximate surface area is 98.5 Å². The third-order valence-corrected chi connectivity index (χ3v) is 3.63. The third kappa shape index (κ3) is 3.93. The molecule has 0 amide bonds. The predicted molar refractivity (Wildman–Crippen MR) is 66.2 cm³/mol. The molecule has 1 unspecified atom stereocenters. The summed E-state index contributed by atoms with van der Waals surface area (Å²) >= 11 is 0. The van der Waals surface area contributed by atoms with E-state index in [1.807, 2.05) is 0 Å². The van der Waals surface area contributed by atoms with E-state index < -0.39 is 16.6 Å². The van der Waals surface area contributed by atoms with Crippen LogP contribution in [0.2, 0.25) is 0 Å². The van der Waals surface area contributed by atoms with Gasteiger partial charge in [0.2, 0.25) is 0 Å². The quantitative estimate of drug-likeness (QED) is 0.829. The van der Waals surface area contributed by atoms with Gasteiger partial charge in [0, 0.05) is 10.6 Å². The Morgan fingerprint density at radius 1 is 1.38 bits per heavy atom. The minimum absolute atomic E-state index is 0.0940. The molecule has 0 aliphatic rings. The van der Waals surface area contributed by atoms with Gasteiger partial charge < -0.3 is 5.73 Å². The first kappa shape index (κ1) is 13.2. The number of hydrogen-bond donors (Lipinski definition) is 1. The van der Waals surface area contributed by atoms with E-state index in [1.54, 1.807) is 6.07 Å². The van der Waals surface area contributed by atoms with Crippen molar-refractivity contribution in [1.82, 2.24) is 0 Å². The summed E-state index contributed by atoms with van der Waals surface area (Å²) < 4.78 is 25.0. The van der Waals surface area contributed by atoms with Crippen molar-refractivity contribution < 1.29 is 8.60 Å². The van der Waals surface area contributed by atoms with Crippen LogP contribution in [0, 0.1) is 11.2 Å². The second-order valence-electron chi connectivity index (χ2n) is 5.04. The van der Waals surface area contributed by atoms with E-state index in [2.05, 4.69) is 20.8 Å². The molecule has 2 nitrogen and oxygen atoms in total. The van der Waals surface area contributed by atoms with Crippen molar-refractivity contribution in [3.63, 3.8) is 0 Å². The van der Waals surface area contributed by atoms with Crippen LogP contribution in [0.1, 0.15) is 27.2 Å². The number of halogens is 1. The summed E-state index contributed by atoms with van der Waals surface area (Å²) in [5.74, 6) is 0.0500. The minimum Gasteiger partial charge on any atom is -0.396 e. The molecule has 0 saturated carbocycles. The van der Waals surface area contributed by atoms with Crippen LogP contribution in [0.3, 0.4) is 0 Å². The van der Waals surface area contributed by atoms with Gasteiger partial charge in [0.25, 0.3) is 0 Å². The van der Waals surface area contributed by atoms with E-state index in [0.717, 1.165) is 6.42 Å². The second kappa shape index (κ2) is 4.95. The number of hydrogen-bond acceptors (Lipinski definition) is 2. The molecule has 2 N–H and O–H groups in total. The molecule has 0 spiro atoms. The molecule has 0 radical (unpaired) electrons. The Balaban J connectivity index is 2.70. The summed E-state index contributed by atoms with van der Waals surface area (Å²) in [4.78, 5) is 0.510. The molecule has 90 valence electrons. The van der Waals surface area contributed by atoms with Gasteiger partial charge >= 0.3 is 0 Å². The zero-order valence-electron chi connectivity index (χ0n) is 9.92. The van der Waals surface area contributed by atoms with Crippen molar-refractivity contribution in [2.24, 2.45) is 5.41 Å². The molecule has 1 aromatic rings. The Morgan fingerprint density at radius 2 is 2.00 bits per heavy atom. The molecule has 16 heavy (non-hydrogen) atoms. The maximum atomic E-state index is 13.2. The van der Waals surface area contributed by atoms with E-state index >= 15 is 0 Å². The fourth-order valence-corrected chi connectivity index (χ4v) is 2.65. The van der Waals surface area contributed by atoms with Crippen molar-refractivity contribution in [3.05, 3.63) is 24.0 Å². The maximum absolute atomic E-state index is 13.2. The highest BCUT2D eigenvalue weighted by Gasteiger charge is 2.13. The molecule has 1 rings (SSSR count). The summed E-state index contributed by atoms with van der Waals surface area (Å²) in [5.41, 5.74) is 5.59. The summed E-state index contributed by atoms with van der Waals surface area (Å²) in [5, 5.41) is 0. The predicted octanol–water partition coefficient (Wildman–Crippen LogP) is 2.95. The molecule has 4 heteroatoms. The molecular weight excluding hydrogens is 225 g/mol. The molecule has 0 saturated heterocycles. The molecule has 0 heterocycles. The summed E-state index contributed by atoms with van der Waals surface area (Å²) in [6, 6.07) is 4.34. The van der Waals surface area contributed by atoms with Gasteiger partial charge in [0.05, 0.1) is 16.5 Å².